The second-order valence-corrected chi connectivity index (χ2v) is 6.25. The molecule has 0 aliphatic carbocycles. The summed E-state index contributed by atoms with van der Waals surface area (Å²) in [7, 11) is 1.71. The number of fused-ring (bicyclic) bond motifs is 2. The van der Waals surface area contributed by atoms with Crippen LogP contribution in [-0.4, -0.2) is 26.9 Å². The maximum Gasteiger partial charge on any atom is 0.161 e. The van der Waals surface area contributed by atoms with Gasteiger partial charge in [-0.25, -0.2) is 0 Å². The number of hydrogen-bond acceptors (Lipinski definition) is 4. The highest BCUT2D eigenvalue weighted by atomic mass is 16.6. The first-order chi connectivity index (χ1) is 11.8. The topological polar surface area (TPSA) is 39.7 Å². The zero-order valence-electron chi connectivity index (χ0n) is 14.2. The van der Waals surface area contributed by atoms with Crippen LogP contribution in [0.3, 0.4) is 0 Å². The molecule has 0 fully saturated rings. The van der Waals surface area contributed by atoms with Crippen molar-refractivity contribution in [2.24, 2.45) is 0 Å². The average Bonchev–Trinajstić information content (AvgIpc) is 2.65. The lowest BCUT2D eigenvalue weighted by atomic mass is 9.86. The van der Waals surface area contributed by atoms with Gasteiger partial charge in [0.15, 0.2) is 11.5 Å². The molecular weight excluding hydrogens is 302 g/mol. The molecule has 1 atom stereocenters. The van der Waals surface area contributed by atoms with Gasteiger partial charge in [0.05, 0.1) is 13.2 Å². The largest absolute Gasteiger partial charge is 0.497 e. The van der Waals surface area contributed by atoms with Gasteiger partial charge in [-0.1, -0.05) is 13.0 Å². The Morgan fingerprint density at radius 3 is 2.62 bits per heavy atom. The van der Waals surface area contributed by atoms with Crippen LogP contribution in [0, 0.1) is 0 Å². The molecule has 4 heteroatoms. The molecule has 2 heterocycles. The summed E-state index contributed by atoms with van der Waals surface area (Å²) in [5.74, 6) is 2.65. The van der Waals surface area contributed by atoms with Crippen LogP contribution in [0.25, 0.3) is 0 Å². The predicted molar refractivity (Wildman–Crippen MR) is 93.4 cm³/mol. The minimum absolute atomic E-state index is 0.186. The number of rotatable bonds is 3. The molecule has 2 aromatic rings. The number of hydrogen-bond donors (Lipinski definition) is 1. The molecule has 0 saturated carbocycles. The van der Waals surface area contributed by atoms with Gasteiger partial charge < -0.3 is 19.5 Å². The fraction of sp³-hybridized carbons (Fsp3) is 0.400. The molecule has 2 aromatic carbocycles. The van der Waals surface area contributed by atoms with Crippen molar-refractivity contribution in [3.8, 4) is 17.2 Å². The highest BCUT2D eigenvalue weighted by molar-refractivity contribution is 5.53. The highest BCUT2D eigenvalue weighted by Crippen LogP contribution is 2.40. The Balaban J connectivity index is 1.79. The van der Waals surface area contributed by atoms with Gasteiger partial charge in [-0.15, -0.1) is 0 Å². The van der Waals surface area contributed by atoms with Crippen LogP contribution in [-0.2, 0) is 12.8 Å². The fourth-order valence-electron chi connectivity index (χ4n) is 3.67. The normalized spacial score (nSPS) is 18.8. The molecule has 0 bridgehead atoms. The van der Waals surface area contributed by atoms with E-state index in [4.69, 9.17) is 14.2 Å². The number of nitrogens with one attached hydrogen (secondary N) is 1. The molecule has 126 valence electrons. The molecule has 0 aromatic heterocycles. The van der Waals surface area contributed by atoms with E-state index in [2.05, 4.69) is 36.5 Å². The molecule has 4 nitrogen and oxygen atoms in total. The van der Waals surface area contributed by atoms with Crippen molar-refractivity contribution in [3.05, 3.63) is 52.6 Å². The first-order valence-electron chi connectivity index (χ1n) is 8.62. The lowest BCUT2D eigenvalue weighted by molar-refractivity contribution is 0.171. The number of ether oxygens (including phenoxy) is 3. The second kappa shape index (κ2) is 6.36. The van der Waals surface area contributed by atoms with Crippen molar-refractivity contribution in [1.82, 2.24) is 5.32 Å². The van der Waals surface area contributed by atoms with E-state index in [1.54, 1.807) is 7.11 Å². The van der Waals surface area contributed by atoms with Gasteiger partial charge in [0.2, 0.25) is 0 Å². The molecular formula is C20H23NO3. The molecule has 4 rings (SSSR count). The summed E-state index contributed by atoms with van der Waals surface area (Å²) >= 11 is 0. The van der Waals surface area contributed by atoms with E-state index in [1.807, 2.05) is 6.07 Å². The molecule has 0 amide bonds. The molecule has 1 unspecified atom stereocenters. The van der Waals surface area contributed by atoms with Crippen molar-refractivity contribution in [2.45, 2.75) is 25.8 Å². The zero-order valence-corrected chi connectivity index (χ0v) is 14.2. The number of aryl methyl sites for hydroxylation is 1. The van der Waals surface area contributed by atoms with Crippen LogP contribution in [0.2, 0.25) is 0 Å². The van der Waals surface area contributed by atoms with Crippen molar-refractivity contribution < 1.29 is 14.2 Å². The van der Waals surface area contributed by atoms with Crippen LogP contribution < -0.4 is 19.5 Å². The number of methoxy groups -OCH3 is 1. The fourth-order valence-corrected chi connectivity index (χ4v) is 3.67. The first-order valence-corrected chi connectivity index (χ1v) is 8.62. The molecule has 0 saturated heterocycles. The van der Waals surface area contributed by atoms with Crippen LogP contribution in [0.4, 0.5) is 0 Å². The van der Waals surface area contributed by atoms with Gasteiger partial charge in [-0.2, -0.15) is 0 Å². The van der Waals surface area contributed by atoms with Crippen molar-refractivity contribution in [3.63, 3.8) is 0 Å². The van der Waals surface area contributed by atoms with Gasteiger partial charge >= 0.3 is 0 Å². The van der Waals surface area contributed by atoms with Gasteiger partial charge in [-0.05, 0) is 59.4 Å². The lowest BCUT2D eigenvalue weighted by Gasteiger charge is -2.31. The van der Waals surface area contributed by atoms with Crippen LogP contribution in [0.5, 0.6) is 17.2 Å². The van der Waals surface area contributed by atoms with E-state index in [1.165, 1.54) is 22.3 Å². The van der Waals surface area contributed by atoms with Gasteiger partial charge in [0.25, 0.3) is 0 Å². The molecule has 2 aliphatic heterocycles. The van der Waals surface area contributed by atoms with Crippen LogP contribution >= 0.6 is 0 Å². The highest BCUT2D eigenvalue weighted by Gasteiger charge is 2.26. The van der Waals surface area contributed by atoms with Crippen LogP contribution in [0.1, 0.15) is 35.2 Å². The quantitative estimate of drug-likeness (QED) is 0.940. The Morgan fingerprint density at radius 2 is 1.88 bits per heavy atom. The standard InChI is InChI=1S/C20H23NO3/c1-3-13-10-15(22-2)4-5-16(13)20-17-12-19-18(23-8-9-24-19)11-14(17)6-7-21-20/h4-5,10-12,20-21H,3,6-9H2,1-2H3. The van der Waals surface area contributed by atoms with E-state index >= 15 is 0 Å². The van der Waals surface area contributed by atoms with E-state index in [9.17, 15) is 0 Å². The zero-order chi connectivity index (χ0) is 16.5. The third-order valence-corrected chi connectivity index (χ3v) is 4.90. The molecule has 0 spiro atoms. The Hall–Kier alpha value is -2.20. The van der Waals surface area contributed by atoms with E-state index in [0.29, 0.717) is 13.2 Å². The van der Waals surface area contributed by atoms with Gasteiger partial charge in [-0.3, -0.25) is 0 Å². The lowest BCUT2D eigenvalue weighted by Crippen LogP contribution is -2.31. The summed E-state index contributed by atoms with van der Waals surface area (Å²) in [4.78, 5) is 0. The summed E-state index contributed by atoms with van der Waals surface area (Å²) < 4.78 is 16.9. The van der Waals surface area contributed by atoms with Crippen molar-refractivity contribution in [2.75, 3.05) is 26.9 Å². The minimum Gasteiger partial charge on any atom is -0.497 e. The molecule has 2 aliphatic rings. The SMILES string of the molecule is CCc1cc(OC)ccc1C1NCCc2cc3c(cc21)OCCO3. The maximum atomic E-state index is 5.79. The van der Waals surface area contributed by atoms with E-state index in [-0.39, 0.29) is 6.04 Å². The van der Waals surface area contributed by atoms with Crippen LogP contribution in [0.15, 0.2) is 30.3 Å². The summed E-state index contributed by atoms with van der Waals surface area (Å²) in [6, 6.07) is 10.9. The Kier molecular flexibility index (Phi) is 4.07. The maximum absolute atomic E-state index is 5.79. The summed E-state index contributed by atoms with van der Waals surface area (Å²) in [6.45, 7) is 4.40. The van der Waals surface area contributed by atoms with E-state index < -0.39 is 0 Å². The first kappa shape index (κ1) is 15.3. The Bertz CT molecular complexity index is 757. The third-order valence-electron chi connectivity index (χ3n) is 4.90. The number of benzene rings is 2. The Labute approximate surface area is 142 Å². The van der Waals surface area contributed by atoms with Gasteiger partial charge in [0.1, 0.15) is 19.0 Å². The minimum atomic E-state index is 0.186. The summed E-state index contributed by atoms with van der Waals surface area (Å²) in [5.41, 5.74) is 5.27. The molecule has 1 N–H and O–H groups in total. The second-order valence-electron chi connectivity index (χ2n) is 6.25. The third kappa shape index (κ3) is 2.61. The predicted octanol–water partition coefficient (Wildman–Crippen LogP) is 3.26. The Morgan fingerprint density at radius 1 is 1.08 bits per heavy atom. The molecule has 24 heavy (non-hydrogen) atoms. The van der Waals surface area contributed by atoms with Crippen molar-refractivity contribution >= 4 is 0 Å². The monoisotopic (exact) mass is 325 g/mol. The van der Waals surface area contributed by atoms with E-state index in [0.717, 1.165) is 36.6 Å². The van der Waals surface area contributed by atoms with Gasteiger partial charge in [0, 0.05) is 6.54 Å². The molecule has 0 radical (unpaired) electrons. The average molecular weight is 325 g/mol. The van der Waals surface area contributed by atoms with Crippen molar-refractivity contribution in [1.29, 1.82) is 0 Å². The smallest absolute Gasteiger partial charge is 0.161 e. The summed E-state index contributed by atoms with van der Waals surface area (Å²) in [6.07, 6.45) is 1.99. The summed E-state index contributed by atoms with van der Waals surface area (Å²) in [5, 5.41) is 3.67.